The van der Waals surface area contributed by atoms with Gasteiger partial charge in [0.2, 0.25) is 0 Å². The van der Waals surface area contributed by atoms with Crippen LogP contribution in [0.3, 0.4) is 0 Å². The predicted octanol–water partition coefficient (Wildman–Crippen LogP) is 15.4. The van der Waals surface area contributed by atoms with E-state index < -0.39 is 0 Å². The number of halogens is 8. The Hall–Kier alpha value is 0.720. The molecule has 0 fully saturated rings. The van der Waals surface area contributed by atoms with Crippen molar-refractivity contribution in [1.82, 2.24) is 0 Å². The van der Waals surface area contributed by atoms with Gasteiger partial charge in [0.15, 0.2) is 0 Å². The number of hydrogen-bond acceptors (Lipinski definition) is 0. The van der Waals surface area contributed by atoms with E-state index in [0.717, 1.165) is 36.7 Å². The molecule has 6 rings (SSSR count). The van der Waals surface area contributed by atoms with Crippen molar-refractivity contribution < 1.29 is 0 Å². The van der Waals surface area contributed by atoms with Crippen LogP contribution in [0.4, 0.5) is 0 Å². The van der Waals surface area contributed by atoms with Gasteiger partial charge in [0.05, 0.1) is 0 Å². The van der Waals surface area contributed by atoms with Crippen LogP contribution in [-0.4, -0.2) is 21.3 Å². The lowest BCUT2D eigenvalue weighted by Gasteiger charge is -2.32. The van der Waals surface area contributed by atoms with E-state index in [1.807, 2.05) is 0 Å². The smallest absolute Gasteiger partial charge is 0.0216 e. The Morgan fingerprint density at radius 1 is 0.455 bits per heavy atom. The van der Waals surface area contributed by atoms with E-state index in [0.29, 0.717) is 0 Å². The van der Waals surface area contributed by atoms with Crippen molar-refractivity contribution in [3.05, 3.63) is 113 Å². The Bertz CT molecular complexity index is 1420. The molecule has 8 heteroatoms. The molecule has 0 heterocycles. The summed E-state index contributed by atoms with van der Waals surface area (Å²) < 4.78 is 4.66. The highest BCUT2D eigenvalue weighted by molar-refractivity contribution is 9.11. The molecule has 44 heavy (non-hydrogen) atoms. The number of alkyl halides is 4. The summed E-state index contributed by atoms with van der Waals surface area (Å²) in [4.78, 5) is 0. The van der Waals surface area contributed by atoms with Crippen LogP contribution in [-0.2, 0) is 11.8 Å². The highest BCUT2D eigenvalue weighted by Gasteiger charge is 2.42. The van der Waals surface area contributed by atoms with Crippen LogP contribution >= 0.6 is 127 Å². The molecule has 236 valence electrons. The molecular weight excluding hydrogens is 1070 g/mol. The summed E-state index contributed by atoms with van der Waals surface area (Å²) in [5.74, 6) is 0. The first-order valence-electron chi connectivity index (χ1n) is 14.2. The van der Waals surface area contributed by atoms with Crippen molar-refractivity contribution >= 4 is 127 Å². The maximum Gasteiger partial charge on any atom is 0.0216 e. The first-order valence-corrected chi connectivity index (χ1v) is 21.8. The summed E-state index contributed by atoms with van der Waals surface area (Å²) in [6.07, 6.45) is 6.99. The molecular formula is C36H36Br8. The molecule has 4 aromatic rings. The molecule has 0 saturated heterocycles. The SMILES string of the molecule is BrCCCBr.BrCCCC1(CCCBr)c2cc(Br)ccc2-c2ccc(Br)cc21.Brc1ccc2c(c1)Cc1cc(Br)ccc1-2.C. The lowest BCUT2D eigenvalue weighted by Crippen LogP contribution is -2.26. The van der Waals surface area contributed by atoms with Gasteiger partial charge in [-0.15, -0.1) is 0 Å². The fourth-order valence-electron chi connectivity index (χ4n) is 6.04. The molecule has 2 aliphatic rings. The van der Waals surface area contributed by atoms with Crippen molar-refractivity contribution in [2.45, 2.75) is 51.4 Å². The second-order valence-electron chi connectivity index (χ2n) is 10.6. The lowest BCUT2D eigenvalue weighted by molar-refractivity contribution is 0.439. The Labute approximate surface area is 331 Å². The number of rotatable bonds is 8. The quantitative estimate of drug-likeness (QED) is 0.136. The third-order valence-corrected chi connectivity index (χ3v) is 12.0. The first-order chi connectivity index (χ1) is 20.8. The van der Waals surface area contributed by atoms with Crippen molar-refractivity contribution in [2.24, 2.45) is 0 Å². The predicted molar refractivity (Wildman–Crippen MR) is 223 cm³/mol. The average Bonchev–Trinajstić information content (AvgIpc) is 3.47. The minimum Gasteiger partial charge on any atom is -0.0928 e. The Kier molecular flexibility index (Phi) is 17.0. The van der Waals surface area contributed by atoms with Gasteiger partial charge in [-0.3, -0.25) is 0 Å². The third kappa shape index (κ3) is 9.45. The second-order valence-corrected chi connectivity index (χ2v) is 17.4. The van der Waals surface area contributed by atoms with E-state index in [1.165, 1.54) is 85.6 Å². The zero-order valence-electron chi connectivity index (χ0n) is 23.5. The van der Waals surface area contributed by atoms with Crippen molar-refractivity contribution in [3.63, 3.8) is 0 Å². The number of benzene rings is 4. The van der Waals surface area contributed by atoms with Gasteiger partial charge in [0, 0.05) is 44.6 Å². The average molecular weight is 1110 g/mol. The van der Waals surface area contributed by atoms with Gasteiger partial charge >= 0.3 is 0 Å². The molecule has 0 nitrogen and oxygen atoms in total. The van der Waals surface area contributed by atoms with Crippen molar-refractivity contribution in [3.8, 4) is 22.3 Å². The molecule has 0 aliphatic heterocycles. The molecule has 0 N–H and O–H groups in total. The van der Waals surface area contributed by atoms with Crippen LogP contribution < -0.4 is 0 Å². The van der Waals surface area contributed by atoms with E-state index in [-0.39, 0.29) is 12.8 Å². The summed E-state index contributed by atoms with van der Waals surface area (Å²) in [5.41, 5.74) is 11.5. The third-order valence-electron chi connectivity index (χ3n) is 7.83. The fraction of sp³-hybridized carbons (Fsp3) is 0.333. The van der Waals surface area contributed by atoms with Gasteiger partial charge in [0.1, 0.15) is 0 Å². The molecule has 4 aromatic carbocycles. The fourth-order valence-corrected chi connectivity index (χ4v) is 9.45. The van der Waals surface area contributed by atoms with Gasteiger partial charge in [0.25, 0.3) is 0 Å². The van der Waals surface area contributed by atoms with Crippen LogP contribution in [0.1, 0.15) is 61.8 Å². The van der Waals surface area contributed by atoms with E-state index in [4.69, 9.17) is 0 Å². The van der Waals surface area contributed by atoms with E-state index in [2.05, 4.69) is 200 Å². The Balaban J connectivity index is 0.000000216. The van der Waals surface area contributed by atoms with Crippen LogP contribution in [0.5, 0.6) is 0 Å². The largest absolute Gasteiger partial charge is 0.0928 e. The molecule has 0 bridgehead atoms. The van der Waals surface area contributed by atoms with Crippen LogP contribution in [0, 0.1) is 0 Å². The highest BCUT2D eigenvalue weighted by Crippen LogP contribution is 2.55. The minimum atomic E-state index is 0. The molecule has 0 unspecified atom stereocenters. The van der Waals surface area contributed by atoms with Crippen LogP contribution in [0.15, 0.2) is 90.7 Å². The normalized spacial score (nSPS) is 12.8. The Morgan fingerprint density at radius 3 is 1.14 bits per heavy atom. The number of hydrogen-bond donors (Lipinski definition) is 0. The topological polar surface area (TPSA) is 0 Å². The molecule has 2 aliphatic carbocycles. The number of fused-ring (bicyclic) bond motifs is 6. The molecule has 0 saturated carbocycles. The zero-order chi connectivity index (χ0) is 31.0. The van der Waals surface area contributed by atoms with E-state index >= 15 is 0 Å². The van der Waals surface area contributed by atoms with E-state index in [9.17, 15) is 0 Å². The zero-order valence-corrected chi connectivity index (χ0v) is 36.2. The summed E-state index contributed by atoms with van der Waals surface area (Å²) in [5, 5.41) is 4.32. The maximum atomic E-state index is 3.68. The lowest BCUT2D eigenvalue weighted by atomic mass is 9.71. The monoisotopic (exact) mass is 1100 g/mol. The Morgan fingerprint density at radius 2 is 0.795 bits per heavy atom. The van der Waals surface area contributed by atoms with Crippen molar-refractivity contribution in [1.29, 1.82) is 0 Å². The van der Waals surface area contributed by atoms with Crippen molar-refractivity contribution in [2.75, 3.05) is 21.3 Å². The van der Waals surface area contributed by atoms with E-state index in [1.54, 1.807) is 0 Å². The molecule has 0 spiro atoms. The van der Waals surface area contributed by atoms with Gasteiger partial charge in [-0.05, 0) is 132 Å². The van der Waals surface area contributed by atoms with Gasteiger partial charge < -0.3 is 0 Å². The standard InChI is InChI=1S/C19H18Br4.C13H8Br2.C3H6Br2.CH4/c20-9-1-7-19(8-2-10-21)17-11-13(22)3-5-15(17)16-6-4-14(23)12-18(16)19;14-10-1-3-12-8(6-10)5-9-7-11(15)2-4-13(9)12;4-2-1-3-5;/h3-6,11-12H,1-2,7-10H2;1-4,6-7H,5H2;1-3H2;1H4. The summed E-state index contributed by atoms with van der Waals surface area (Å²) in [7, 11) is 0. The van der Waals surface area contributed by atoms with Gasteiger partial charge in [-0.1, -0.05) is 159 Å². The molecule has 0 atom stereocenters. The van der Waals surface area contributed by atoms with Gasteiger partial charge in [-0.2, -0.15) is 0 Å². The van der Waals surface area contributed by atoms with Gasteiger partial charge in [-0.25, -0.2) is 0 Å². The highest BCUT2D eigenvalue weighted by atomic mass is 79.9. The summed E-state index contributed by atoms with van der Waals surface area (Å²) in [6.45, 7) is 0. The summed E-state index contributed by atoms with van der Waals surface area (Å²) in [6, 6.07) is 26.6. The molecule has 0 aromatic heterocycles. The molecule has 0 amide bonds. The van der Waals surface area contributed by atoms with Crippen LogP contribution in [0.2, 0.25) is 0 Å². The maximum absolute atomic E-state index is 3.68. The molecule has 0 radical (unpaired) electrons. The summed E-state index contributed by atoms with van der Waals surface area (Å²) >= 11 is 28.2. The minimum absolute atomic E-state index is 0. The first kappa shape index (κ1) is 39.2. The van der Waals surface area contributed by atoms with Crippen LogP contribution in [0.25, 0.3) is 22.3 Å². The second kappa shape index (κ2) is 19.0.